The second-order valence-corrected chi connectivity index (χ2v) is 5.33. The van der Waals surface area contributed by atoms with Crippen LogP contribution in [0.25, 0.3) is 0 Å². The Morgan fingerprint density at radius 1 is 1.59 bits per heavy atom. The van der Waals surface area contributed by atoms with E-state index in [9.17, 15) is 9.90 Å². The molecule has 5 nitrogen and oxygen atoms in total. The first kappa shape index (κ1) is 14.7. The van der Waals surface area contributed by atoms with E-state index >= 15 is 0 Å². The number of primary amides is 1. The van der Waals surface area contributed by atoms with Crippen molar-refractivity contribution in [3.63, 3.8) is 0 Å². The van der Waals surface area contributed by atoms with Gasteiger partial charge in [-0.15, -0.1) is 0 Å². The topological polar surface area (TPSA) is 81.8 Å². The van der Waals surface area contributed by atoms with Crippen molar-refractivity contribution >= 4 is 37.8 Å². The average Bonchev–Trinajstić information content (AvgIpc) is 2.15. The molecule has 0 bridgehead atoms. The molecule has 0 fully saturated rings. The monoisotopic (exact) mass is 369 g/mol. The van der Waals surface area contributed by atoms with E-state index in [-0.39, 0.29) is 6.42 Å². The quantitative estimate of drug-likeness (QED) is 0.777. The minimum Gasteiger partial charge on any atom is -0.495 e. The number of hydrogen-bond acceptors (Lipinski definition) is 4. The number of methoxy groups -OCH3 is 2. The van der Waals surface area contributed by atoms with Crippen molar-refractivity contribution in [3.05, 3.63) is 20.8 Å². The van der Waals surface area contributed by atoms with Crippen LogP contribution >= 0.6 is 31.9 Å². The van der Waals surface area contributed by atoms with Gasteiger partial charge in [0.2, 0.25) is 5.91 Å². The number of carbonyl (C=O) groups is 1. The van der Waals surface area contributed by atoms with Crippen LogP contribution in [0.15, 0.2) is 20.8 Å². The molecule has 0 heterocycles. The van der Waals surface area contributed by atoms with E-state index in [1.54, 1.807) is 0 Å². The highest BCUT2D eigenvalue weighted by atomic mass is 79.9. The molecule has 0 aromatic carbocycles. The lowest BCUT2D eigenvalue weighted by Crippen LogP contribution is -2.47. The van der Waals surface area contributed by atoms with E-state index in [2.05, 4.69) is 31.9 Å². The lowest BCUT2D eigenvalue weighted by Gasteiger charge is -2.35. The van der Waals surface area contributed by atoms with Crippen molar-refractivity contribution in [2.75, 3.05) is 14.2 Å². The zero-order valence-electron chi connectivity index (χ0n) is 9.37. The zero-order chi connectivity index (χ0) is 13.2. The molecular formula is C10H13Br2NO4. The van der Waals surface area contributed by atoms with Crippen molar-refractivity contribution in [2.45, 2.75) is 18.1 Å². The van der Waals surface area contributed by atoms with Gasteiger partial charge in [-0.3, -0.25) is 4.79 Å². The summed E-state index contributed by atoms with van der Waals surface area (Å²) in [4.78, 5) is 11.0. The van der Waals surface area contributed by atoms with Crippen molar-refractivity contribution in [1.29, 1.82) is 0 Å². The molecule has 1 rings (SSSR count). The summed E-state index contributed by atoms with van der Waals surface area (Å²) in [5.74, 6) is -0.113. The Morgan fingerprint density at radius 3 is 2.59 bits per heavy atom. The number of ether oxygens (including phenoxy) is 2. The molecule has 0 saturated carbocycles. The predicted molar refractivity (Wildman–Crippen MR) is 69.5 cm³/mol. The molecule has 96 valence electrons. The molecule has 7 heteroatoms. The first-order valence-electron chi connectivity index (χ1n) is 4.71. The number of carbonyl (C=O) groups excluding carboxylic acids is 1. The summed E-state index contributed by atoms with van der Waals surface area (Å²) < 4.78 is 11.4. The fourth-order valence-corrected chi connectivity index (χ4v) is 3.74. The van der Waals surface area contributed by atoms with Crippen molar-refractivity contribution in [1.82, 2.24) is 0 Å². The summed E-state index contributed by atoms with van der Waals surface area (Å²) in [7, 11) is 2.93. The Kier molecular flexibility index (Phi) is 4.77. The molecule has 1 aliphatic carbocycles. The van der Waals surface area contributed by atoms with Gasteiger partial charge in [0.05, 0.1) is 22.5 Å². The summed E-state index contributed by atoms with van der Waals surface area (Å²) in [5, 5.41) is 10.4. The van der Waals surface area contributed by atoms with Crippen LogP contribution in [0.3, 0.4) is 0 Å². The van der Waals surface area contributed by atoms with E-state index in [1.165, 1.54) is 20.3 Å². The smallest absolute Gasteiger partial charge is 0.220 e. The number of hydrogen-bond donors (Lipinski definition) is 2. The fraction of sp³-hybridized carbons (Fsp3) is 0.500. The molecule has 0 saturated heterocycles. The maximum atomic E-state index is 11.0. The van der Waals surface area contributed by atoms with Gasteiger partial charge in [0.1, 0.15) is 17.5 Å². The van der Waals surface area contributed by atoms with E-state index in [4.69, 9.17) is 15.2 Å². The van der Waals surface area contributed by atoms with Gasteiger partial charge in [-0.1, -0.05) is 0 Å². The largest absolute Gasteiger partial charge is 0.495 e. The van der Waals surface area contributed by atoms with Crippen molar-refractivity contribution in [3.8, 4) is 0 Å². The minimum absolute atomic E-state index is 0.243. The second kappa shape index (κ2) is 5.51. The predicted octanol–water partition coefficient (Wildman–Crippen LogP) is 1.15. The van der Waals surface area contributed by atoms with Crippen LogP contribution < -0.4 is 5.73 Å². The van der Waals surface area contributed by atoms with Gasteiger partial charge in [-0.25, -0.2) is 0 Å². The Bertz CT molecular complexity index is 394. The third-order valence-electron chi connectivity index (χ3n) is 2.39. The van der Waals surface area contributed by atoms with Crippen LogP contribution in [-0.4, -0.2) is 36.9 Å². The lowest BCUT2D eigenvalue weighted by molar-refractivity contribution is -0.125. The summed E-state index contributed by atoms with van der Waals surface area (Å²) in [6.07, 6.45) is 0.466. The van der Waals surface area contributed by atoms with Crippen molar-refractivity contribution in [2.24, 2.45) is 5.73 Å². The van der Waals surface area contributed by atoms with Crippen LogP contribution in [0, 0.1) is 0 Å². The minimum atomic E-state index is -1.50. The number of rotatable bonds is 4. The van der Waals surface area contributed by atoms with Gasteiger partial charge in [0, 0.05) is 7.11 Å². The third kappa shape index (κ3) is 2.90. The summed E-state index contributed by atoms with van der Waals surface area (Å²) in [6.45, 7) is 0. The number of aliphatic hydroxyl groups is 1. The Balaban J connectivity index is 3.20. The maximum absolute atomic E-state index is 11.0. The molecule has 0 spiro atoms. The molecule has 3 N–H and O–H groups in total. The number of amides is 1. The van der Waals surface area contributed by atoms with Gasteiger partial charge in [-0.2, -0.15) is 0 Å². The van der Waals surface area contributed by atoms with Crippen LogP contribution in [0.1, 0.15) is 6.42 Å². The molecule has 17 heavy (non-hydrogen) atoms. The Hall–Kier alpha value is -0.370. The molecule has 0 radical (unpaired) electrons. The number of nitrogens with two attached hydrogens (primary N) is 1. The molecular weight excluding hydrogens is 358 g/mol. The van der Waals surface area contributed by atoms with Gasteiger partial charge in [0.25, 0.3) is 0 Å². The standard InChI is InChI=1S/C10H13Br2NO4/c1-16-8-5(11)3-10(15,4-6(13)14)9(17-2)7(8)12/h3,9,15H,4H2,1-2H3,(H2,13,14). The van der Waals surface area contributed by atoms with E-state index < -0.39 is 17.6 Å². The average molecular weight is 371 g/mol. The SMILES string of the molecule is COC1=C(Br)C(OC)C(O)(CC(N)=O)C=C1Br. The van der Waals surface area contributed by atoms with Crippen molar-refractivity contribution < 1.29 is 19.4 Å². The molecule has 2 unspecified atom stereocenters. The van der Waals surface area contributed by atoms with Crippen LogP contribution in [0.2, 0.25) is 0 Å². The summed E-state index contributed by atoms with van der Waals surface area (Å²) in [6, 6.07) is 0. The highest BCUT2D eigenvalue weighted by Gasteiger charge is 2.43. The maximum Gasteiger partial charge on any atom is 0.220 e. The van der Waals surface area contributed by atoms with Gasteiger partial charge >= 0.3 is 0 Å². The highest BCUT2D eigenvalue weighted by Crippen LogP contribution is 2.40. The van der Waals surface area contributed by atoms with Crippen LogP contribution in [0.5, 0.6) is 0 Å². The molecule has 0 aliphatic heterocycles. The summed E-state index contributed by atoms with van der Waals surface area (Å²) in [5.41, 5.74) is 3.62. The van der Waals surface area contributed by atoms with Gasteiger partial charge in [0.15, 0.2) is 0 Å². The first-order valence-corrected chi connectivity index (χ1v) is 6.30. The Labute approximate surface area is 116 Å². The van der Waals surface area contributed by atoms with Gasteiger partial charge in [-0.05, 0) is 37.9 Å². The molecule has 1 amide bonds. The highest BCUT2D eigenvalue weighted by molar-refractivity contribution is 9.12. The van der Waals surface area contributed by atoms with E-state index in [0.29, 0.717) is 14.7 Å². The van der Waals surface area contributed by atoms with Crippen LogP contribution in [-0.2, 0) is 14.3 Å². The van der Waals surface area contributed by atoms with E-state index in [0.717, 1.165) is 0 Å². The Morgan fingerprint density at radius 2 is 2.18 bits per heavy atom. The molecule has 1 aliphatic rings. The first-order chi connectivity index (χ1) is 7.85. The number of halogens is 2. The zero-order valence-corrected chi connectivity index (χ0v) is 12.5. The fourth-order valence-electron chi connectivity index (χ4n) is 1.74. The lowest BCUT2D eigenvalue weighted by atomic mass is 9.88. The third-order valence-corrected chi connectivity index (χ3v) is 3.76. The van der Waals surface area contributed by atoms with Gasteiger partial charge < -0.3 is 20.3 Å². The van der Waals surface area contributed by atoms with Crippen LogP contribution in [0.4, 0.5) is 0 Å². The van der Waals surface area contributed by atoms with E-state index in [1.807, 2.05) is 0 Å². The molecule has 0 aromatic rings. The second-order valence-electron chi connectivity index (χ2n) is 3.62. The normalized spacial score (nSPS) is 29.0. The summed E-state index contributed by atoms with van der Waals surface area (Å²) >= 11 is 6.55. The molecule has 2 atom stereocenters. The molecule has 0 aromatic heterocycles. The number of allylic oxidation sites excluding steroid dienone is 1.